The van der Waals surface area contributed by atoms with E-state index >= 15 is 0 Å². The van der Waals surface area contributed by atoms with E-state index in [4.69, 9.17) is 5.11 Å². The highest BCUT2D eigenvalue weighted by Gasteiger charge is 2.01. The van der Waals surface area contributed by atoms with E-state index in [0.29, 0.717) is 0 Å². The second kappa shape index (κ2) is 10.8. The molecular weight excluding hydrogens is 447 g/mol. The first-order valence-electron chi connectivity index (χ1n) is 9.72. The number of carboxylic acid groups (broad SMARTS) is 1. The van der Waals surface area contributed by atoms with Crippen molar-refractivity contribution in [2.45, 2.75) is 13.8 Å². The van der Waals surface area contributed by atoms with Crippen LogP contribution in [0.5, 0.6) is 0 Å². The van der Waals surface area contributed by atoms with Gasteiger partial charge in [0.1, 0.15) is 0 Å². The van der Waals surface area contributed by atoms with Gasteiger partial charge in [0.05, 0.1) is 28.7 Å². The minimum Gasteiger partial charge on any atom is -0.481 e. The molecule has 8 heteroatoms. The molecule has 166 valence electrons. The molecule has 2 aliphatic rings. The Morgan fingerprint density at radius 1 is 0.688 bits per heavy atom. The van der Waals surface area contributed by atoms with Crippen LogP contribution in [0.1, 0.15) is 36.6 Å². The summed E-state index contributed by atoms with van der Waals surface area (Å²) in [7, 11) is 0. The number of aliphatic carboxylic acids is 1. The van der Waals surface area contributed by atoms with Gasteiger partial charge in [-0.15, -0.1) is 24.8 Å². The number of carboxylic acids is 1. The Hall–Kier alpha value is -3.35. The summed E-state index contributed by atoms with van der Waals surface area (Å²) in [6.07, 6.45) is 8.09. The first-order chi connectivity index (χ1) is 14.4. The third kappa shape index (κ3) is 6.33. The Balaban J connectivity index is 0.000000406. The van der Waals surface area contributed by atoms with Crippen LogP contribution in [0.2, 0.25) is 0 Å². The molecule has 0 amide bonds. The monoisotopic (exact) mass is 470 g/mol. The molecule has 8 bridgehead atoms. The standard InChI is InChI=1S/C20H14N4.C4H8O2.2ClH/c1-2-14-10-16-5-6-18(23-16)12-20-8-7-19(24-20)11-17-4-3-15(22-17)9-13(1)21-14;1-3(2)4(5)6;;/h1-12,21,24H;3H,1-2H3,(H,5,6);2*1H. The van der Waals surface area contributed by atoms with Crippen molar-refractivity contribution < 1.29 is 9.90 Å². The first-order valence-corrected chi connectivity index (χ1v) is 9.72. The van der Waals surface area contributed by atoms with E-state index in [1.54, 1.807) is 13.8 Å². The maximum Gasteiger partial charge on any atom is 0.305 e. The molecule has 0 saturated carbocycles. The summed E-state index contributed by atoms with van der Waals surface area (Å²) in [4.78, 5) is 25.7. The van der Waals surface area contributed by atoms with Crippen LogP contribution in [0.25, 0.3) is 46.4 Å². The van der Waals surface area contributed by atoms with Crippen LogP contribution in [-0.4, -0.2) is 31.0 Å². The van der Waals surface area contributed by atoms with Crippen molar-refractivity contribution in [3.05, 3.63) is 71.3 Å². The Morgan fingerprint density at radius 2 is 0.938 bits per heavy atom. The van der Waals surface area contributed by atoms with Crippen LogP contribution in [0, 0.1) is 5.92 Å². The number of hydrogen-bond donors (Lipinski definition) is 3. The van der Waals surface area contributed by atoms with E-state index in [-0.39, 0.29) is 30.7 Å². The third-order valence-electron chi connectivity index (χ3n) is 4.54. The molecule has 3 N–H and O–H groups in total. The second-order valence-electron chi connectivity index (χ2n) is 7.40. The number of rotatable bonds is 1. The molecule has 0 spiro atoms. The lowest BCUT2D eigenvalue weighted by Crippen LogP contribution is -2.03. The molecule has 5 rings (SSSR count). The molecule has 0 saturated heterocycles. The predicted octanol–water partition coefficient (Wildman–Crippen LogP) is 6.23. The van der Waals surface area contributed by atoms with Crippen LogP contribution in [0.3, 0.4) is 0 Å². The fourth-order valence-electron chi connectivity index (χ4n) is 2.94. The second-order valence-corrected chi connectivity index (χ2v) is 7.40. The molecule has 0 unspecified atom stereocenters. The molecule has 3 aromatic rings. The fourth-order valence-corrected chi connectivity index (χ4v) is 2.94. The number of nitrogens with zero attached hydrogens (tertiary/aromatic N) is 2. The zero-order valence-corrected chi connectivity index (χ0v) is 19.2. The summed E-state index contributed by atoms with van der Waals surface area (Å²) in [5, 5.41) is 7.99. The SMILES string of the molecule is C1=Cc2cc3ccc(cc4nc(cc5ccc(cc1n2)[nH]5)C=C4)[nH]3.CC(C)C(=O)O.Cl.Cl. The van der Waals surface area contributed by atoms with Crippen LogP contribution in [0.15, 0.2) is 48.5 Å². The third-order valence-corrected chi connectivity index (χ3v) is 4.54. The van der Waals surface area contributed by atoms with Crippen molar-refractivity contribution in [1.29, 1.82) is 0 Å². The van der Waals surface area contributed by atoms with Gasteiger partial charge >= 0.3 is 5.97 Å². The van der Waals surface area contributed by atoms with Crippen molar-refractivity contribution in [2.24, 2.45) is 5.92 Å². The lowest BCUT2D eigenvalue weighted by molar-refractivity contribution is -0.140. The maximum absolute atomic E-state index is 9.70. The summed E-state index contributed by atoms with van der Waals surface area (Å²) in [6.45, 7) is 3.28. The van der Waals surface area contributed by atoms with E-state index in [1.165, 1.54) is 0 Å². The number of aromatic nitrogens is 4. The predicted molar refractivity (Wildman–Crippen MR) is 136 cm³/mol. The molecule has 0 atom stereocenters. The molecule has 0 fully saturated rings. The first kappa shape index (κ1) is 24.9. The topological polar surface area (TPSA) is 94.7 Å². The maximum atomic E-state index is 9.70. The highest BCUT2D eigenvalue weighted by atomic mass is 35.5. The lowest BCUT2D eigenvalue weighted by Gasteiger charge is -1.89. The van der Waals surface area contributed by atoms with E-state index < -0.39 is 5.97 Å². The normalized spacial score (nSPS) is 11.2. The number of nitrogens with one attached hydrogen (secondary N) is 2. The van der Waals surface area contributed by atoms with Gasteiger partial charge in [-0.05, 0) is 72.8 Å². The van der Waals surface area contributed by atoms with Gasteiger partial charge < -0.3 is 15.1 Å². The van der Waals surface area contributed by atoms with Gasteiger partial charge in [-0.2, -0.15) is 0 Å². The van der Waals surface area contributed by atoms with Crippen LogP contribution >= 0.6 is 24.8 Å². The molecule has 32 heavy (non-hydrogen) atoms. The van der Waals surface area contributed by atoms with Gasteiger partial charge in [0.25, 0.3) is 0 Å². The van der Waals surface area contributed by atoms with Gasteiger partial charge in [0.15, 0.2) is 0 Å². The molecule has 5 heterocycles. The Kier molecular flexibility index (Phi) is 8.41. The van der Waals surface area contributed by atoms with Crippen molar-refractivity contribution >= 4 is 77.2 Å². The summed E-state index contributed by atoms with van der Waals surface area (Å²) in [5.41, 5.74) is 7.86. The summed E-state index contributed by atoms with van der Waals surface area (Å²) in [5.74, 6) is -0.972. The van der Waals surface area contributed by atoms with Crippen LogP contribution < -0.4 is 0 Å². The summed E-state index contributed by atoms with van der Waals surface area (Å²) in [6, 6.07) is 16.4. The largest absolute Gasteiger partial charge is 0.481 e. The Bertz CT molecular complexity index is 1150. The Labute approximate surface area is 198 Å². The van der Waals surface area contributed by atoms with E-state index in [9.17, 15) is 4.79 Å². The molecule has 6 nitrogen and oxygen atoms in total. The van der Waals surface area contributed by atoms with Crippen molar-refractivity contribution in [3.63, 3.8) is 0 Å². The number of hydrogen-bond acceptors (Lipinski definition) is 3. The van der Waals surface area contributed by atoms with Gasteiger partial charge in [-0.1, -0.05) is 13.8 Å². The van der Waals surface area contributed by atoms with Gasteiger partial charge in [-0.3, -0.25) is 4.79 Å². The smallest absolute Gasteiger partial charge is 0.305 e. The summed E-state index contributed by atoms with van der Waals surface area (Å²) >= 11 is 0. The van der Waals surface area contributed by atoms with Crippen molar-refractivity contribution in [1.82, 2.24) is 19.9 Å². The van der Waals surface area contributed by atoms with E-state index in [0.717, 1.165) is 44.8 Å². The zero-order valence-electron chi connectivity index (χ0n) is 17.6. The molecule has 2 aliphatic heterocycles. The van der Waals surface area contributed by atoms with Gasteiger partial charge in [0, 0.05) is 22.1 Å². The molecule has 0 aromatic carbocycles. The van der Waals surface area contributed by atoms with E-state index in [1.807, 2.05) is 48.6 Å². The molecule has 0 radical (unpaired) electrons. The number of fused-ring (bicyclic) bond motifs is 8. The molecule has 3 aromatic heterocycles. The fraction of sp³-hybridized carbons (Fsp3) is 0.125. The number of carbonyl (C=O) groups is 1. The minimum atomic E-state index is -0.741. The van der Waals surface area contributed by atoms with E-state index in [2.05, 4.69) is 44.2 Å². The average Bonchev–Trinajstić information content (AvgIpc) is 3.47. The van der Waals surface area contributed by atoms with Crippen molar-refractivity contribution in [3.8, 4) is 0 Å². The Morgan fingerprint density at radius 3 is 1.16 bits per heavy atom. The zero-order chi connectivity index (χ0) is 21.1. The van der Waals surface area contributed by atoms with Crippen molar-refractivity contribution in [2.75, 3.05) is 0 Å². The number of aromatic amines is 2. The average molecular weight is 471 g/mol. The number of H-pyrrole nitrogens is 2. The van der Waals surface area contributed by atoms with Crippen LogP contribution in [0.4, 0.5) is 0 Å². The highest BCUT2D eigenvalue weighted by Crippen LogP contribution is 2.16. The quantitative estimate of drug-likeness (QED) is 0.270. The number of halogens is 2. The summed E-state index contributed by atoms with van der Waals surface area (Å²) < 4.78 is 0. The molecular formula is C24H24Cl2N4O2. The lowest BCUT2D eigenvalue weighted by atomic mass is 10.2. The van der Waals surface area contributed by atoms with Crippen LogP contribution in [-0.2, 0) is 4.79 Å². The minimum absolute atomic E-state index is 0. The highest BCUT2D eigenvalue weighted by molar-refractivity contribution is 5.85. The van der Waals surface area contributed by atoms with Gasteiger partial charge in [-0.25, -0.2) is 9.97 Å². The molecule has 0 aliphatic carbocycles. The van der Waals surface area contributed by atoms with Gasteiger partial charge in [0.2, 0.25) is 0 Å².